The van der Waals surface area contributed by atoms with Crippen LogP contribution in [-0.2, 0) is 0 Å². The Balaban J connectivity index is 2.20. The summed E-state index contributed by atoms with van der Waals surface area (Å²) in [5, 5.41) is 5.24. The maximum atomic E-state index is 5.61. The zero-order valence-electron chi connectivity index (χ0n) is 15.4. The van der Waals surface area contributed by atoms with Gasteiger partial charge in [0.15, 0.2) is 5.13 Å². The van der Waals surface area contributed by atoms with Crippen molar-refractivity contribution < 1.29 is 9.47 Å². The average Bonchev–Trinajstić information content (AvgIpc) is 2.94. The van der Waals surface area contributed by atoms with Crippen LogP contribution in [0.1, 0.15) is 24.3 Å². The molecule has 25 heavy (non-hydrogen) atoms. The van der Waals surface area contributed by atoms with Gasteiger partial charge in [-0.05, 0) is 39.8 Å². The molecular formula is C19H23N3O2S. The normalized spacial score (nSPS) is 11.2. The molecule has 0 fully saturated rings. The van der Waals surface area contributed by atoms with Gasteiger partial charge in [0.1, 0.15) is 17.2 Å². The van der Waals surface area contributed by atoms with Gasteiger partial charge in [0.25, 0.3) is 0 Å². The third-order valence-corrected chi connectivity index (χ3v) is 4.94. The maximum absolute atomic E-state index is 5.61. The highest BCUT2D eigenvalue weighted by Crippen LogP contribution is 2.37. The summed E-state index contributed by atoms with van der Waals surface area (Å²) in [7, 11) is 3.35. The number of anilines is 1. The molecule has 5 nitrogen and oxygen atoms in total. The van der Waals surface area contributed by atoms with Crippen LogP contribution < -0.4 is 14.8 Å². The molecule has 2 heterocycles. The Bertz CT molecular complexity index is 919. The standard InChI is InChI=1S/C19H23N3O2S/c1-10(2)20-19-22-18(12(4)25-19)14-9-16(24-6)13-7-8-15(23-5)11(3)17(13)21-14/h7-10H,1-6H3,(H,20,22). The largest absolute Gasteiger partial charge is 0.496 e. The molecule has 0 aliphatic rings. The van der Waals surface area contributed by atoms with Crippen molar-refractivity contribution in [2.24, 2.45) is 0 Å². The van der Waals surface area contributed by atoms with Gasteiger partial charge in [-0.1, -0.05) is 0 Å². The summed E-state index contributed by atoms with van der Waals surface area (Å²) < 4.78 is 11.0. The maximum Gasteiger partial charge on any atom is 0.183 e. The number of benzene rings is 1. The first-order valence-corrected chi connectivity index (χ1v) is 9.03. The highest BCUT2D eigenvalue weighted by atomic mass is 32.1. The number of fused-ring (bicyclic) bond motifs is 1. The van der Waals surface area contributed by atoms with Crippen LogP contribution in [0.5, 0.6) is 11.5 Å². The summed E-state index contributed by atoms with van der Waals surface area (Å²) in [6.07, 6.45) is 0. The van der Waals surface area contributed by atoms with Crippen LogP contribution in [0.2, 0.25) is 0 Å². The van der Waals surface area contributed by atoms with Crippen molar-refractivity contribution in [1.82, 2.24) is 9.97 Å². The highest BCUT2D eigenvalue weighted by molar-refractivity contribution is 7.16. The summed E-state index contributed by atoms with van der Waals surface area (Å²) in [6.45, 7) is 8.28. The van der Waals surface area contributed by atoms with Crippen molar-refractivity contribution in [3.05, 3.63) is 28.6 Å². The van der Waals surface area contributed by atoms with Crippen molar-refractivity contribution in [3.63, 3.8) is 0 Å². The van der Waals surface area contributed by atoms with Crippen LogP contribution in [-0.4, -0.2) is 30.2 Å². The number of pyridine rings is 1. The van der Waals surface area contributed by atoms with E-state index in [0.717, 1.165) is 49.4 Å². The lowest BCUT2D eigenvalue weighted by molar-refractivity contribution is 0.411. The molecule has 1 aromatic carbocycles. The molecule has 3 rings (SSSR count). The van der Waals surface area contributed by atoms with Crippen molar-refractivity contribution in [1.29, 1.82) is 0 Å². The molecule has 132 valence electrons. The molecule has 0 atom stereocenters. The second-order valence-electron chi connectivity index (χ2n) is 6.22. The predicted molar refractivity (Wildman–Crippen MR) is 104 cm³/mol. The molecule has 0 radical (unpaired) electrons. The molecule has 6 heteroatoms. The van der Waals surface area contributed by atoms with Gasteiger partial charge >= 0.3 is 0 Å². The van der Waals surface area contributed by atoms with Crippen LogP contribution in [0, 0.1) is 13.8 Å². The first-order chi connectivity index (χ1) is 11.9. The van der Waals surface area contributed by atoms with Crippen molar-refractivity contribution in [3.8, 4) is 22.9 Å². The van der Waals surface area contributed by atoms with Crippen molar-refractivity contribution in [2.75, 3.05) is 19.5 Å². The van der Waals surface area contributed by atoms with Gasteiger partial charge in [-0.2, -0.15) is 0 Å². The Morgan fingerprint density at radius 2 is 1.76 bits per heavy atom. The number of nitrogens with one attached hydrogen (secondary N) is 1. The van der Waals surface area contributed by atoms with Crippen LogP contribution in [0.15, 0.2) is 18.2 Å². The smallest absolute Gasteiger partial charge is 0.183 e. The monoisotopic (exact) mass is 357 g/mol. The Kier molecular flexibility index (Phi) is 4.81. The van der Waals surface area contributed by atoms with Crippen LogP contribution in [0.25, 0.3) is 22.3 Å². The summed E-state index contributed by atoms with van der Waals surface area (Å²) >= 11 is 1.64. The van der Waals surface area contributed by atoms with Crippen molar-refractivity contribution >= 4 is 27.4 Å². The molecule has 0 spiro atoms. The van der Waals surface area contributed by atoms with Gasteiger partial charge in [-0.15, -0.1) is 11.3 Å². The van der Waals surface area contributed by atoms with E-state index < -0.39 is 0 Å². The third-order valence-electron chi connectivity index (χ3n) is 4.04. The minimum absolute atomic E-state index is 0.337. The fourth-order valence-electron chi connectivity index (χ4n) is 2.83. The molecule has 0 aliphatic heterocycles. The topological polar surface area (TPSA) is 56.3 Å². The zero-order chi connectivity index (χ0) is 18.1. The molecule has 2 aromatic heterocycles. The second kappa shape index (κ2) is 6.88. The Labute approximate surface area is 152 Å². The molecule has 0 saturated heterocycles. The fraction of sp³-hybridized carbons (Fsp3) is 0.368. The molecule has 0 bridgehead atoms. The van der Waals surface area contributed by atoms with Crippen molar-refractivity contribution in [2.45, 2.75) is 33.7 Å². The van der Waals surface area contributed by atoms with E-state index in [1.807, 2.05) is 25.1 Å². The minimum Gasteiger partial charge on any atom is -0.496 e. The second-order valence-corrected chi connectivity index (χ2v) is 7.42. The van der Waals surface area contributed by atoms with E-state index in [9.17, 15) is 0 Å². The molecule has 0 amide bonds. The first-order valence-electron chi connectivity index (χ1n) is 8.21. The molecular weight excluding hydrogens is 334 g/mol. The number of nitrogens with zero attached hydrogens (tertiary/aromatic N) is 2. The van der Waals surface area contributed by atoms with Crippen LogP contribution in [0.4, 0.5) is 5.13 Å². The minimum atomic E-state index is 0.337. The summed E-state index contributed by atoms with van der Waals surface area (Å²) in [5.74, 6) is 1.60. The van der Waals surface area contributed by atoms with E-state index in [0.29, 0.717) is 6.04 Å². The predicted octanol–water partition coefficient (Wildman–Crippen LogP) is 4.81. The number of hydrogen-bond donors (Lipinski definition) is 1. The Hall–Kier alpha value is -2.34. The lowest BCUT2D eigenvalue weighted by Crippen LogP contribution is -2.09. The van der Waals surface area contributed by atoms with Gasteiger partial charge in [-0.3, -0.25) is 0 Å². The lowest BCUT2D eigenvalue weighted by Gasteiger charge is -2.12. The van der Waals surface area contributed by atoms with E-state index in [-0.39, 0.29) is 0 Å². The summed E-state index contributed by atoms with van der Waals surface area (Å²) in [6, 6.07) is 6.22. The number of hydrogen-bond acceptors (Lipinski definition) is 6. The van der Waals surface area contributed by atoms with Crippen LogP contribution in [0.3, 0.4) is 0 Å². The van der Waals surface area contributed by atoms with Gasteiger partial charge in [0, 0.05) is 27.9 Å². The fourth-order valence-corrected chi connectivity index (χ4v) is 3.80. The average molecular weight is 357 g/mol. The molecule has 0 aliphatic carbocycles. The van der Waals surface area contributed by atoms with Gasteiger partial charge in [-0.25, -0.2) is 9.97 Å². The van der Waals surface area contributed by atoms with Crippen LogP contribution >= 0.6 is 11.3 Å². The number of methoxy groups -OCH3 is 2. The van der Waals surface area contributed by atoms with E-state index in [1.165, 1.54) is 0 Å². The lowest BCUT2D eigenvalue weighted by atomic mass is 10.1. The van der Waals surface area contributed by atoms with E-state index >= 15 is 0 Å². The van der Waals surface area contributed by atoms with Gasteiger partial charge in [0.2, 0.25) is 0 Å². The zero-order valence-corrected chi connectivity index (χ0v) is 16.2. The Morgan fingerprint density at radius 3 is 2.40 bits per heavy atom. The summed E-state index contributed by atoms with van der Waals surface area (Å²) in [5.41, 5.74) is 3.56. The number of aromatic nitrogens is 2. The summed E-state index contributed by atoms with van der Waals surface area (Å²) in [4.78, 5) is 10.7. The van der Waals surface area contributed by atoms with E-state index in [4.69, 9.17) is 19.4 Å². The SMILES string of the molecule is COc1ccc2c(OC)cc(-c3nc(NC(C)C)sc3C)nc2c1C. The molecule has 0 unspecified atom stereocenters. The number of rotatable bonds is 5. The van der Waals surface area contributed by atoms with E-state index in [1.54, 1.807) is 25.6 Å². The number of ether oxygens (including phenoxy) is 2. The van der Waals surface area contributed by atoms with Gasteiger partial charge in [0.05, 0.1) is 25.4 Å². The number of thiazole rings is 1. The Morgan fingerprint density at radius 1 is 1.04 bits per heavy atom. The third kappa shape index (κ3) is 3.26. The quantitative estimate of drug-likeness (QED) is 0.710. The van der Waals surface area contributed by atoms with E-state index in [2.05, 4.69) is 26.1 Å². The first kappa shape index (κ1) is 17.5. The molecule has 0 saturated carbocycles. The molecule has 3 aromatic rings. The molecule has 1 N–H and O–H groups in total. The highest BCUT2D eigenvalue weighted by Gasteiger charge is 2.17. The van der Waals surface area contributed by atoms with Gasteiger partial charge < -0.3 is 14.8 Å². The number of aryl methyl sites for hydroxylation is 2.